The highest BCUT2D eigenvalue weighted by molar-refractivity contribution is 5.97. The van der Waals surface area contributed by atoms with Crippen molar-refractivity contribution in [2.24, 2.45) is 11.3 Å². The lowest BCUT2D eigenvalue weighted by molar-refractivity contribution is -0.134. The number of methoxy groups -OCH3 is 1. The van der Waals surface area contributed by atoms with E-state index in [-0.39, 0.29) is 37.0 Å². The van der Waals surface area contributed by atoms with E-state index in [0.717, 1.165) is 24.0 Å². The van der Waals surface area contributed by atoms with Crippen molar-refractivity contribution < 1.29 is 23.9 Å². The molecule has 2 fully saturated rings. The predicted molar refractivity (Wildman–Crippen MR) is 134 cm³/mol. The summed E-state index contributed by atoms with van der Waals surface area (Å²) in [4.78, 5) is 51.4. The molecule has 1 heterocycles. The Morgan fingerprint density at radius 2 is 1.61 bits per heavy atom. The van der Waals surface area contributed by atoms with E-state index >= 15 is 0 Å². The Labute approximate surface area is 211 Å². The number of hydrogen-bond acceptors (Lipinski definition) is 5. The van der Waals surface area contributed by atoms with Crippen LogP contribution in [0.5, 0.6) is 5.75 Å². The first-order valence-corrected chi connectivity index (χ1v) is 12.4. The highest BCUT2D eigenvalue weighted by Crippen LogP contribution is 2.46. The number of benzene rings is 2. The van der Waals surface area contributed by atoms with Gasteiger partial charge in [-0.2, -0.15) is 0 Å². The number of amides is 3. The normalized spacial score (nSPS) is 19.5. The molecule has 8 heteroatoms. The summed E-state index contributed by atoms with van der Waals surface area (Å²) in [5, 5.41) is 8.44. The Morgan fingerprint density at radius 3 is 2.19 bits per heavy atom. The van der Waals surface area contributed by atoms with Crippen LogP contribution in [0.25, 0.3) is 0 Å². The van der Waals surface area contributed by atoms with Crippen LogP contribution in [0.3, 0.4) is 0 Å². The van der Waals surface area contributed by atoms with Crippen LogP contribution < -0.4 is 20.7 Å². The van der Waals surface area contributed by atoms with Crippen LogP contribution in [0.2, 0.25) is 0 Å². The maximum atomic E-state index is 13.6. The second kappa shape index (κ2) is 10.9. The van der Waals surface area contributed by atoms with Gasteiger partial charge in [-0.05, 0) is 42.5 Å². The van der Waals surface area contributed by atoms with Crippen LogP contribution in [-0.2, 0) is 32.0 Å². The van der Waals surface area contributed by atoms with Gasteiger partial charge in [0, 0.05) is 24.8 Å². The van der Waals surface area contributed by atoms with Crippen LogP contribution in [0, 0.1) is 11.3 Å². The third kappa shape index (κ3) is 6.30. The van der Waals surface area contributed by atoms with Gasteiger partial charge in [-0.3, -0.25) is 19.2 Å². The van der Waals surface area contributed by atoms with Crippen molar-refractivity contribution in [2.75, 3.05) is 13.7 Å². The Kier molecular flexibility index (Phi) is 7.72. The SMILES string of the molecule is COc1ccc(CC(NC(=O)C2CNC(=O)C2)C(=O)NC(Cc2ccccc2)C(=O)C2(C)CC2)cc1. The van der Waals surface area contributed by atoms with Crippen molar-refractivity contribution in [3.63, 3.8) is 0 Å². The summed E-state index contributed by atoms with van der Waals surface area (Å²) in [5.41, 5.74) is 1.36. The molecule has 0 aromatic heterocycles. The molecule has 1 aliphatic heterocycles. The van der Waals surface area contributed by atoms with Gasteiger partial charge in [0.2, 0.25) is 17.7 Å². The van der Waals surface area contributed by atoms with Crippen molar-refractivity contribution in [1.29, 1.82) is 0 Å². The number of carbonyl (C=O) groups is 4. The average molecular weight is 492 g/mol. The second-order valence-corrected chi connectivity index (χ2v) is 9.99. The smallest absolute Gasteiger partial charge is 0.243 e. The highest BCUT2D eigenvalue weighted by Gasteiger charge is 2.48. The van der Waals surface area contributed by atoms with E-state index in [9.17, 15) is 19.2 Å². The van der Waals surface area contributed by atoms with E-state index in [0.29, 0.717) is 12.2 Å². The van der Waals surface area contributed by atoms with Crippen molar-refractivity contribution in [1.82, 2.24) is 16.0 Å². The maximum Gasteiger partial charge on any atom is 0.243 e. The Balaban J connectivity index is 1.53. The quantitative estimate of drug-likeness (QED) is 0.445. The molecule has 36 heavy (non-hydrogen) atoms. The molecule has 4 rings (SSSR count). The fraction of sp³-hybridized carbons (Fsp3) is 0.429. The van der Waals surface area contributed by atoms with E-state index in [2.05, 4.69) is 16.0 Å². The molecule has 1 saturated heterocycles. The number of Topliss-reactive ketones (excluding diaryl/α,β-unsaturated/α-hetero) is 1. The van der Waals surface area contributed by atoms with Gasteiger partial charge in [0.25, 0.3) is 0 Å². The summed E-state index contributed by atoms with van der Waals surface area (Å²) in [6.45, 7) is 2.18. The van der Waals surface area contributed by atoms with Crippen LogP contribution in [-0.4, -0.2) is 49.2 Å². The summed E-state index contributed by atoms with van der Waals surface area (Å²) in [7, 11) is 1.58. The summed E-state index contributed by atoms with van der Waals surface area (Å²) in [6.07, 6.45) is 2.32. The molecule has 8 nitrogen and oxygen atoms in total. The molecule has 0 radical (unpaired) electrons. The lowest BCUT2D eigenvalue weighted by Gasteiger charge is -2.25. The zero-order valence-electron chi connectivity index (χ0n) is 20.7. The van der Waals surface area contributed by atoms with Crippen LogP contribution >= 0.6 is 0 Å². The molecular formula is C28H33N3O5. The lowest BCUT2D eigenvalue weighted by Crippen LogP contribution is -2.54. The molecular weight excluding hydrogens is 458 g/mol. The highest BCUT2D eigenvalue weighted by atomic mass is 16.5. The van der Waals surface area contributed by atoms with E-state index in [1.54, 1.807) is 19.2 Å². The van der Waals surface area contributed by atoms with Gasteiger partial charge in [0.05, 0.1) is 19.1 Å². The lowest BCUT2D eigenvalue weighted by atomic mass is 9.92. The third-order valence-electron chi connectivity index (χ3n) is 7.09. The second-order valence-electron chi connectivity index (χ2n) is 9.99. The van der Waals surface area contributed by atoms with Gasteiger partial charge in [-0.25, -0.2) is 0 Å². The monoisotopic (exact) mass is 491 g/mol. The minimum atomic E-state index is -0.903. The molecule has 190 valence electrons. The maximum absolute atomic E-state index is 13.6. The zero-order chi connectivity index (χ0) is 25.7. The molecule has 2 aromatic carbocycles. The first-order chi connectivity index (χ1) is 17.3. The number of rotatable bonds is 11. The first-order valence-electron chi connectivity index (χ1n) is 12.4. The van der Waals surface area contributed by atoms with Crippen molar-refractivity contribution in [3.8, 4) is 5.75 Å². The Hall–Kier alpha value is -3.68. The van der Waals surface area contributed by atoms with Gasteiger partial charge >= 0.3 is 0 Å². The fourth-order valence-electron chi connectivity index (χ4n) is 4.47. The minimum absolute atomic E-state index is 0.0137. The number of carbonyl (C=O) groups excluding carboxylic acids is 4. The molecule has 3 N–H and O–H groups in total. The number of ether oxygens (including phenoxy) is 1. The third-order valence-corrected chi connectivity index (χ3v) is 7.09. The number of nitrogens with one attached hydrogen (secondary N) is 3. The zero-order valence-corrected chi connectivity index (χ0v) is 20.7. The Morgan fingerprint density at radius 1 is 0.972 bits per heavy atom. The van der Waals surface area contributed by atoms with Gasteiger partial charge in [0.15, 0.2) is 5.78 Å². The molecule has 3 atom stereocenters. The standard InChI is InChI=1S/C28H33N3O5/c1-28(12-13-28)25(33)22(14-18-6-4-3-5-7-18)30-27(35)23(15-19-8-10-21(36-2)11-9-19)31-26(34)20-16-24(32)29-17-20/h3-11,20,22-23H,12-17H2,1-2H3,(H,29,32)(H,30,35)(H,31,34). The first kappa shape index (κ1) is 25.4. The molecule has 1 aliphatic carbocycles. The predicted octanol–water partition coefficient (Wildman–Crippen LogP) is 1.96. The molecule has 3 amide bonds. The molecule has 3 unspecified atom stereocenters. The fourth-order valence-corrected chi connectivity index (χ4v) is 4.47. The molecule has 0 spiro atoms. The van der Waals surface area contributed by atoms with Gasteiger partial charge < -0.3 is 20.7 Å². The number of hydrogen-bond donors (Lipinski definition) is 3. The van der Waals surface area contributed by atoms with Crippen molar-refractivity contribution in [3.05, 3.63) is 65.7 Å². The van der Waals surface area contributed by atoms with E-state index < -0.39 is 29.3 Å². The largest absolute Gasteiger partial charge is 0.497 e. The molecule has 0 bridgehead atoms. The summed E-state index contributed by atoms with van der Waals surface area (Å²) in [6, 6.07) is 15.2. The summed E-state index contributed by atoms with van der Waals surface area (Å²) < 4.78 is 5.21. The summed E-state index contributed by atoms with van der Waals surface area (Å²) >= 11 is 0. The Bertz CT molecular complexity index is 1110. The van der Waals surface area contributed by atoms with Crippen LogP contribution in [0.1, 0.15) is 37.3 Å². The summed E-state index contributed by atoms with van der Waals surface area (Å²) in [5.74, 6) is -0.796. The topological polar surface area (TPSA) is 114 Å². The minimum Gasteiger partial charge on any atom is -0.497 e. The van der Waals surface area contributed by atoms with Gasteiger partial charge in [-0.1, -0.05) is 49.4 Å². The van der Waals surface area contributed by atoms with Crippen molar-refractivity contribution >= 4 is 23.5 Å². The van der Waals surface area contributed by atoms with E-state index in [1.807, 2.05) is 49.4 Å². The van der Waals surface area contributed by atoms with Gasteiger partial charge in [0.1, 0.15) is 11.8 Å². The molecule has 1 saturated carbocycles. The molecule has 2 aliphatic rings. The van der Waals surface area contributed by atoms with Gasteiger partial charge in [-0.15, -0.1) is 0 Å². The van der Waals surface area contributed by atoms with E-state index in [4.69, 9.17) is 4.74 Å². The van der Waals surface area contributed by atoms with E-state index in [1.165, 1.54) is 0 Å². The van der Waals surface area contributed by atoms with Crippen LogP contribution in [0.15, 0.2) is 54.6 Å². The van der Waals surface area contributed by atoms with Crippen LogP contribution in [0.4, 0.5) is 0 Å². The van der Waals surface area contributed by atoms with Crippen molar-refractivity contribution in [2.45, 2.75) is 51.1 Å². The molecule has 2 aromatic rings. The average Bonchev–Trinajstić information content (AvgIpc) is 3.49. The number of ketones is 1.